The highest BCUT2D eigenvalue weighted by atomic mass is 79.9. The Bertz CT molecular complexity index is 990. The van der Waals surface area contributed by atoms with E-state index in [1.165, 1.54) is 11.3 Å². The van der Waals surface area contributed by atoms with Gasteiger partial charge in [-0.2, -0.15) is 0 Å². The molecule has 1 amide bonds. The van der Waals surface area contributed by atoms with Crippen molar-refractivity contribution in [3.05, 3.63) is 85.7 Å². The van der Waals surface area contributed by atoms with E-state index in [-0.39, 0.29) is 11.7 Å². The number of aryl methyl sites for hydroxylation is 2. The molecule has 0 saturated heterocycles. The lowest BCUT2D eigenvalue weighted by Crippen LogP contribution is -2.15. The predicted molar refractivity (Wildman–Crippen MR) is 110 cm³/mol. The van der Waals surface area contributed by atoms with Gasteiger partial charge in [-0.05, 0) is 62.2 Å². The second-order valence-corrected chi connectivity index (χ2v) is 8.23. The van der Waals surface area contributed by atoms with Crippen LogP contribution in [-0.2, 0) is 0 Å². The maximum atomic E-state index is 13.0. The molecule has 1 aromatic heterocycles. The molecule has 0 radical (unpaired) electrons. The molecule has 2 aromatic carbocycles. The summed E-state index contributed by atoms with van der Waals surface area (Å²) < 4.78 is 0.917. The van der Waals surface area contributed by atoms with Crippen LogP contribution >= 0.6 is 27.3 Å². The summed E-state index contributed by atoms with van der Waals surface area (Å²) in [4.78, 5) is 26.7. The SMILES string of the molecule is Cc1ccccc1C(=O)Nc1sc(C)c(C)c1C(=O)c1ccc(Br)cc1. The Balaban J connectivity index is 1.98. The first kappa shape index (κ1) is 18.5. The molecule has 0 aliphatic carbocycles. The maximum absolute atomic E-state index is 13.0. The molecule has 1 heterocycles. The van der Waals surface area contributed by atoms with E-state index in [9.17, 15) is 9.59 Å². The first-order valence-corrected chi connectivity index (χ1v) is 9.76. The normalized spacial score (nSPS) is 10.6. The van der Waals surface area contributed by atoms with Crippen LogP contribution < -0.4 is 5.32 Å². The fraction of sp³-hybridized carbons (Fsp3) is 0.143. The van der Waals surface area contributed by atoms with Gasteiger partial charge in [-0.1, -0.05) is 34.1 Å². The summed E-state index contributed by atoms with van der Waals surface area (Å²) in [6.45, 7) is 5.77. The van der Waals surface area contributed by atoms with E-state index in [4.69, 9.17) is 0 Å². The molecule has 3 nitrogen and oxygen atoms in total. The molecule has 0 aliphatic heterocycles. The summed E-state index contributed by atoms with van der Waals surface area (Å²) >= 11 is 4.82. The van der Waals surface area contributed by atoms with Gasteiger partial charge in [0.1, 0.15) is 5.00 Å². The van der Waals surface area contributed by atoms with Gasteiger partial charge in [0.25, 0.3) is 5.91 Å². The minimum absolute atomic E-state index is 0.0839. The van der Waals surface area contributed by atoms with Crippen molar-refractivity contribution in [3.8, 4) is 0 Å². The number of hydrogen-bond donors (Lipinski definition) is 1. The molecule has 0 atom stereocenters. The van der Waals surface area contributed by atoms with E-state index >= 15 is 0 Å². The van der Waals surface area contributed by atoms with Gasteiger partial charge in [0, 0.05) is 20.5 Å². The van der Waals surface area contributed by atoms with Crippen molar-refractivity contribution in [1.82, 2.24) is 0 Å². The first-order valence-electron chi connectivity index (χ1n) is 8.15. The Morgan fingerprint density at radius 2 is 1.62 bits per heavy atom. The average Bonchev–Trinajstić information content (AvgIpc) is 2.89. The largest absolute Gasteiger partial charge is 0.313 e. The summed E-state index contributed by atoms with van der Waals surface area (Å²) in [7, 11) is 0. The predicted octanol–water partition coefficient (Wildman–Crippen LogP) is 5.92. The van der Waals surface area contributed by atoms with Crippen molar-refractivity contribution in [1.29, 1.82) is 0 Å². The number of anilines is 1. The van der Waals surface area contributed by atoms with Gasteiger partial charge in [-0.25, -0.2) is 0 Å². The van der Waals surface area contributed by atoms with E-state index in [0.29, 0.717) is 21.7 Å². The molecule has 3 aromatic rings. The lowest BCUT2D eigenvalue weighted by Gasteiger charge is -2.09. The molecule has 0 saturated carbocycles. The summed E-state index contributed by atoms with van der Waals surface area (Å²) in [5.74, 6) is -0.284. The molecule has 0 bridgehead atoms. The van der Waals surface area contributed by atoms with Crippen molar-refractivity contribution < 1.29 is 9.59 Å². The lowest BCUT2D eigenvalue weighted by atomic mass is 10.0. The van der Waals surface area contributed by atoms with E-state index in [1.54, 1.807) is 18.2 Å². The Hall–Kier alpha value is -2.24. The van der Waals surface area contributed by atoms with Crippen LogP contribution in [0.3, 0.4) is 0 Å². The zero-order chi connectivity index (χ0) is 18.8. The molecule has 0 fully saturated rings. The molecule has 26 heavy (non-hydrogen) atoms. The third kappa shape index (κ3) is 3.64. The molecular weight excluding hydrogens is 410 g/mol. The molecular formula is C21H18BrNO2S. The summed E-state index contributed by atoms with van der Waals surface area (Å²) in [6.07, 6.45) is 0. The van der Waals surface area contributed by atoms with Gasteiger partial charge in [0.15, 0.2) is 5.78 Å². The molecule has 3 rings (SSSR count). The smallest absolute Gasteiger partial charge is 0.256 e. The van der Waals surface area contributed by atoms with Crippen LogP contribution in [0.15, 0.2) is 53.0 Å². The highest BCUT2D eigenvalue weighted by Crippen LogP contribution is 2.34. The lowest BCUT2D eigenvalue weighted by molar-refractivity contribution is 0.102. The number of hydrogen-bond acceptors (Lipinski definition) is 3. The number of nitrogens with one attached hydrogen (secondary N) is 1. The second kappa shape index (κ2) is 7.56. The molecule has 132 valence electrons. The van der Waals surface area contributed by atoms with Gasteiger partial charge < -0.3 is 5.32 Å². The van der Waals surface area contributed by atoms with Crippen LogP contribution in [0.1, 0.15) is 42.3 Å². The number of amides is 1. The van der Waals surface area contributed by atoms with Crippen LogP contribution in [0.4, 0.5) is 5.00 Å². The van der Waals surface area contributed by atoms with Crippen LogP contribution in [0.5, 0.6) is 0 Å². The highest BCUT2D eigenvalue weighted by molar-refractivity contribution is 9.10. The molecule has 0 unspecified atom stereocenters. The number of thiophene rings is 1. The van der Waals surface area contributed by atoms with Crippen molar-refractivity contribution in [2.45, 2.75) is 20.8 Å². The minimum Gasteiger partial charge on any atom is -0.313 e. The van der Waals surface area contributed by atoms with Crippen LogP contribution in [0, 0.1) is 20.8 Å². The van der Waals surface area contributed by atoms with Crippen molar-refractivity contribution in [2.24, 2.45) is 0 Å². The van der Waals surface area contributed by atoms with Crippen molar-refractivity contribution in [2.75, 3.05) is 5.32 Å². The number of benzene rings is 2. The third-order valence-electron chi connectivity index (χ3n) is 4.34. The number of carbonyl (C=O) groups excluding carboxylic acids is 2. The zero-order valence-corrected chi connectivity index (χ0v) is 17.1. The van der Waals surface area contributed by atoms with Crippen molar-refractivity contribution >= 4 is 44.0 Å². The Labute approximate surface area is 165 Å². The number of carbonyl (C=O) groups is 2. The Morgan fingerprint density at radius 1 is 0.962 bits per heavy atom. The third-order valence-corrected chi connectivity index (χ3v) is 5.99. The van der Waals surface area contributed by atoms with E-state index in [2.05, 4.69) is 21.2 Å². The van der Waals surface area contributed by atoms with Gasteiger partial charge in [0.05, 0.1) is 5.56 Å². The topological polar surface area (TPSA) is 46.2 Å². The number of rotatable bonds is 4. The zero-order valence-electron chi connectivity index (χ0n) is 14.7. The second-order valence-electron chi connectivity index (χ2n) is 6.09. The monoisotopic (exact) mass is 427 g/mol. The Morgan fingerprint density at radius 3 is 2.27 bits per heavy atom. The quantitative estimate of drug-likeness (QED) is 0.525. The van der Waals surface area contributed by atoms with Gasteiger partial charge >= 0.3 is 0 Å². The van der Waals surface area contributed by atoms with Crippen LogP contribution in [0.2, 0.25) is 0 Å². The van der Waals surface area contributed by atoms with E-state index in [1.807, 2.05) is 51.1 Å². The highest BCUT2D eigenvalue weighted by Gasteiger charge is 2.22. The molecule has 0 aliphatic rings. The van der Waals surface area contributed by atoms with Gasteiger partial charge in [-0.3, -0.25) is 9.59 Å². The fourth-order valence-electron chi connectivity index (χ4n) is 2.73. The van der Waals surface area contributed by atoms with E-state index in [0.717, 1.165) is 20.5 Å². The first-order chi connectivity index (χ1) is 12.4. The Kier molecular flexibility index (Phi) is 5.39. The summed E-state index contributed by atoms with van der Waals surface area (Å²) in [5, 5.41) is 3.54. The molecule has 0 spiro atoms. The summed E-state index contributed by atoms with van der Waals surface area (Å²) in [5.41, 5.74) is 3.58. The van der Waals surface area contributed by atoms with Gasteiger partial charge in [-0.15, -0.1) is 11.3 Å². The van der Waals surface area contributed by atoms with Crippen LogP contribution in [-0.4, -0.2) is 11.7 Å². The minimum atomic E-state index is -0.200. The fourth-order valence-corrected chi connectivity index (χ4v) is 4.05. The number of halogens is 1. The summed E-state index contributed by atoms with van der Waals surface area (Å²) in [6, 6.07) is 14.7. The molecule has 1 N–H and O–H groups in total. The van der Waals surface area contributed by atoms with Crippen LogP contribution in [0.25, 0.3) is 0 Å². The average molecular weight is 428 g/mol. The van der Waals surface area contributed by atoms with Gasteiger partial charge in [0.2, 0.25) is 0 Å². The molecule has 5 heteroatoms. The standard InChI is InChI=1S/C21H18BrNO2S/c1-12-6-4-5-7-17(12)20(25)23-21-18(13(2)14(3)26-21)19(24)15-8-10-16(22)11-9-15/h4-11H,1-3H3,(H,23,25). The number of ketones is 1. The van der Waals surface area contributed by atoms with Crippen molar-refractivity contribution in [3.63, 3.8) is 0 Å². The van der Waals surface area contributed by atoms with E-state index < -0.39 is 0 Å². The maximum Gasteiger partial charge on any atom is 0.256 e.